The van der Waals surface area contributed by atoms with Gasteiger partial charge in [0, 0.05) is 23.3 Å². The lowest BCUT2D eigenvalue weighted by Gasteiger charge is -2.05. The fourth-order valence-electron chi connectivity index (χ4n) is 1.52. The molecule has 0 atom stereocenters. The van der Waals surface area contributed by atoms with E-state index in [1.165, 1.54) is 23.5 Å². The zero-order valence-corrected chi connectivity index (χ0v) is 11.1. The minimum Gasteiger partial charge on any atom is -0.355 e. The van der Waals surface area contributed by atoms with Crippen LogP contribution in [0.3, 0.4) is 0 Å². The lowest BCUT2D eigenvalue weighted by molar-refractivity contribution is -0.117. The van der Waals surface area contributed by atoms with Crippen molar-refractivity contribution in [1.82, 2.24) is 5.32 Å². The molecule has 1 aliphatic carbocycles. The lowest BCUT2D eigenvalue weighted by atomic mass is 10.2. The first kappa shape index (κ1) is 13.0. The second-order valence-electron chi connectivity index (χ2n) is 3.59. The quantitative estimate of drug-likeness (QED) is 0.575. The number of carbonyl (C=O) groups is 1. The highest BCUT2D eigenvalue weighted by Gasteiger charge is 2.20. The number of amides is 1. The van der Waals surface area contributed by atoms with Crippen molar-refractivity contribution in [2.75, 3.05) is 12.8 Å². The SMILES string of the molecule is CCCCSSC1=C(C(=O)NC)CCC1. The number of nitrogens with one attached hydrogen (secondary N) is 1. The number of hydrogen-bond acceptors (Lipinski definition) is 3. The van der Waals surface area contributed by atoms with Crippen molar-refractivity contribution in [3.8, 4) is 0 Å². The Morgan fingerprint density at radius 3 is 2.93 bits per heavy atom. The Bertz CT molecular complexity index is 251. The predicted molar refractivity (Wildman–Crippen MR) is 69.9 cm³/mol. The Hall–Kier alpha value is -0.0900. The number of hydrogen-bond donors (Lipinski definition) is 1. The van der Waals surface area contributed by atoms with Crippen LogP contribution in [0, 0.1) is 0 Å². The normalized spacial score (nSPS) is 15.9. The van der Waals surface area contributed by atoms with E-state index in [0.29, 0.717) is 0 Å². The standard InChI is InChI=1S/C11H19NOS2/c1-3-4-8-14-15-10-7-5-6-9(10)11(13)12-2/h3-8H2,1-2H3,(H,12,13). The molecule has 0 bridgehead atoms. The molecule has 0 fully saturated rings. The van der Waals surface area contributed by atoms with Gasteiger partial charge in [-0.05, 0) is 25.7 Å². The fourth-order valence-corrected chi connectivity index (χ4v) is 4.25. The van der Waals surface area contributed by atoms with Crippen LogP contribution >= 0.6 is 21.6 Å². The molecule has 0 heterocycles. The summed E-state index contributed by atoms with van der Waals surface area (Å²) in [6, 6.07) is 0. The van der Waals surface area contributed by atoms with Gasteiger partial charge in [0.15, 0.2) is 0 Å². The highest BCUT2D eigenvalue weighted by Crippen LogP contribution is 2.41. The second kappa shape index (κ2) is 7.23. The maximum atomic E-state index is 11.5. The van der Waals surface area contributed by atoms with Crippen LogP contribution in [0.15, 0.2) is 10.5 Å². The van der Waals surface area contributed by atoms with Crippen molar-refractivity contribution in [1.29, 1.82) is 0 Å². The monoisotopic (exact) mass is 245 g/mol. The Kier molecular flexibility index (Phi) is 6.25. The fraction of sp³-hybridized carbons (Fsp3) is 0.727. The van der Waals surface area contributed by atoms with Gasteiger partial charge in [0.05, 0.1) is 0 Å². The van der Waals surface area contributed by atoms with Crippen LogP contribution < -0.4 is 5.32 Å². The molecule has 1 N–H and O–H groups in total. The first-order chi connectivity index (χ1) is 7.29. The molecule has 1 aliphatic rings. The van der Waals surface area contributed by atoms with Crippen LogP contribution in [0.2, 0.25) is 0 Å². The highest BCUT2D eigenvalue weighted by molar-refractivity contribution is 8.78. The summed E-state index contributed by atoms with van der Waals surface area (Å²) in [5.74, 6) is 1.30. The summed E-state index contributed by atoms with van der Waals surface area (Å²) in [7, 11) is 5.41. The van der Waals surface area contributed by atoms with Gasteiger partial charge < -0.3 is 5.32 Å². The van der Waals surface area contributed by atoms with E-state index in [2.05, 4.69) is 12.2 Å². The zero-order valence-electron chi connectivity index (χ0n) is 9.47. The van der Waals surface area contributed by atoms with Gasteiger partial charge in [-0.25, -0.2) is 0 Å². The summed E-state index contributed by atoms with van der Waals surface area (Å²) < 4.78 is 0. The molecule has 2 nitrogen and oxygen atoms in total. The van der Waals surface area contributed by atoms with Gasteiger partial charge in [-0.2, -0.15) is 0 Å². The molecule has 0 unspecified atom stereocenters. The maximum absolute atomic E-state index is 11.5. The summed E-state index contributed by atoms with van der Waals surface area (Å²) in [6.45, 7) is 2.20. The number of unbranched alkanes of at least 4 members (excludes halogenated alkanes) is 1. The van der Waals surface area contributed by atoms with E-state index in [0.717, 1.165) is 24.8 Å². The van der Waals surface area contributed by atoms with Crippen molar-refractivity contribution in [2.24, 2.45) is 0 Å². The molecule has 0 aliphatic heterocycles. The van der Waals surface area contributed by atoms with Gasteiger partial charge in [-0.1, -0.05) is 34.9 Å². The Labute approximate surface area is 100 Å². The third-order valence-electron chi connectivity index (χ3n) is 2.41. The van der Waals surface area contributed by atoms with Gasteiger partial charge in [-0.3, -0.25) is 4.79 Å². The molecule has 15 heavy (non-hydrogen) atoms. The third kappa shape index (κ3) is 4.11. The average Bonchev–Trinajstić information content (AvgIpc) is 2.71. The van der Waals surface area contributed by atoms with E-state index in [1.807, 2.05) is 21.6 Å². The van der Waals surface area contributed by atoms with Crippen LogP contribution in [0.1, 0.15) is 39.0 Å². The van der Waals surface area contributed by atoms with E-state index in [-0.39, 0.29) is 5.91 Å². The van der Waals surface area contributed by atoms with Crippen molar-refractivity contribution in [3.63, 3.8) is 0 Å². The van der Waals surface area contributed by atoms with Crippen molar-refractivity contribution >= 4 is 27.5 Å². The van der Waals surface area contributed by atoms with Crippen LogP contribution in [0.5, 0.6) is 0 Å². The minimum absolute atomic E-state index is 0.117. The Morgan fingerprint density at radius 1 is 1.47 bits per heavy atom. The molecule has 0 spiro atoms. The van der Waals surface area contributed by atoms with Crippen LogP contribution in [-0.4, -0.2) is 18.7 Å². The number of carbonyl (C=O) groups excluding carboxylic acids is 1. The molecular weight excluding hydrogens is 226 g/mol. The van der Waals surface area contributed by atoms with Gasteiger partial charge in [0.25, 0.3) is 0 Å². The summed E-state index contributed by atoms with van der Waals surface area (Å²) in [6.07, 6.45) is 5.69. The molecule has 1 amide bonds. The molecule has 1 rings (SSSR count). The lowest BCUT2D eigenvalue weighted by Crippen LogP contribution is -2.19. The molecule has 0 radical (unpaired) electrons. The van der Waals surface area contributed by atoms with Crippen LogP contribution in [0.25, 0.3) is 0 Å². The van der Waals surface area contributed by atoms with Crippen LogP contribution in [0.4, 0.5) is 0 Å². The van der Waals surface area contributed by atoms with Crippen molar-refractivity contribution in [2.45, 2.75) is 39.0 Å². The third-order valence-corrected chi connectivity index (χ3v) is 5.09. The van der Waals surface area contributed by atoms with Crippen molar-refractivity contribution in [3.05, 3.63) is 10.5 Å². The Balaban J connectivity index is 2.40. The summed E-state index contributed by atoms with van der Waals surface area (Å²) >= 11 is 0. The first-order valence-corrected chi connectivity index (χ1v) is 7.85. The zero-order chi connectivity index (χ0) is 11.1. The molecular formula is C11H19NOS2. The molecule has 0 aromatic carbocycles. The summed E-state index contributed by atoms with van der Waals surface area (Å²) in [5, 5.41) is 2.72. The smallest absolute Gasteiger partial charge is 0.247 e. The largest absolute Gasteiger partial charge is 0.355 e. The van der Waals surface area contributed by atoms with Crippen molar-refractivity contribution < 1.29 is 4.79 Å². The molecule has 86 valence electrons. The van der Waals surface area contributed by atoms with E-state index < -0.39 is 0 Å². The van der Waals surface area contributed by atoms with E-state index in [1.54, 1.807) is 7.05 Å². The topological polar surface area (TPSA) is 29.1 Å². The summed E-state index contributed by atoms with van der Waals surface area (Å²) in [5.41, 5.74) is 1.02. The molecule has 0 saturated heterocycles. The van der Waals surface area contributed by atoms with E-state index >= 15 is 0 Å². The highest BCUT2D eigenvalue weighted by atomic mass is 33.1. The Morgan fingerprint density at radius 2 is 2.27 bits per heavy atom. The number of likely N-dealkylation sites (N-methyl/N-ethyl adjacent to an activating group) is 1. The van der Waals surface area contributed by atoms with E-state index in [9.17, 15) is 4.79 Å². The first-order valence-electron chi connectivity index (χ1n) is 5.53. The molecule has 0 aromatic heterocycles. The summed E-state index contributed by atoms with van der Waals surface area (Å²) in [4.78, 5) is 12.8. The maximum Gasteiger partial charge on any atom is 0.247 e. The predicted octanol–water partition coefficient (Wildman–Crippen LogP) is 3.35. The second-order valence-corrected chi connectivity index (χ2v) is 6.10. The molecule has 4 heteroatoms. The average molecular weight is 245 g/mol. The van der Waals surface area contributed by atoms with Gasteiger partial charge in [-0.15, -0.1) is 0 Å². The van der Waals surface area contributed by atoms with E-state index in [4.69, 9.17) is 0 Å². The van der Waals surface area contributed by atoms with Gasteiger partial charge in [0.1, 0.15) is 0 Å². The van der Waals surface area contributed by atoms with Gasteiger partial charge >= 0.3 is 0 Å². The van der Waals surface area contributed by atoms with Gasteiger partial charge in [0.2, 0.25) is 5.91 Å². The molecule has 0 aromatic rings. The molecule has 0 saturated carbocycles. The number of allylic oxidation sites excluding steroid dienone is 1. The van der Waals surface area contributed by atoms with Crippen LogP contribution in [-0.2, 0) is 4.79 Å². The number of rotatable bonds is 6. The minimum atomic E-state index is 0.117.